The van der Waals surface area contributed by atoms with Crippen molar-refractivity contribution in [3.8, 4) is 11.1 Å². The van der Waals surface area contributed by atoms with Crippen LogP contribution in [-0.2, 0) is 0 Å². The fourth-order valence-electron chi connectivity index (χ4n) is 4.23. The lowest BCUT2D eigenvalue weighted by atomic mass is 9.79. The van der Waals surface area contributed by atoms with Crippen LogP contribution in [0.4, 0.5) is 5.69 Å². The molecule has 1 N–H and O–H groups in total. The molecule has 0 radical (unpaired) electrons. The Labute approximate surface area is 154 Å². The largest absolute Gasteiger partial charge is 0.380 e. The third-order valence-electron chi connectivity index (χ3n) is 5.13. The fourth-order valence-corrected chi connectivity index (χ4v) is 4.66. The Morgan fingerprint density at radius 3 is 2.56 bits per heavy atom. The molecular weight excluding hydrogens is 334 g/mol. The van der Waals surface area contributed by atoms with E-state index in [9.17, 15) is 4.79 Å². The summed E-state index contributed by atoms with van der Waals surface area (Å²) in [5.41, 5.74) is 7.12. The number of carbonyl (C=O) groups is 1. The standard InChI is InChI=1S/C20H26ClN3O/c1-10-8-15(17-12(3)23-24(13(17)4)14(5)25)18(21)16-11(2)9-20(6,7)22-19(10)16/h8,11,22H,9H2,1-7H3. The number of fused-ring (bicyclic) bond motifs is 1. The van der Waals surface area contributed by atoms with Gasteiger partial charge in [-0.3, -0.25) is 4.79 Å². The van der Waals surface area contributed by atoms with Crippen LogP contribution in [-0.4, -0.2) is 21.2 Å². The minimum absolute atomic E-state index is 0.0490. The molecule has 1 atom stereocenters. The molecule has 0 bridgehead atoms. The number of nitrogens with one attached hydrogen (secondary N) is 1. The lowest BCUT2D eigenvalue weighted by Gasteiger charge is -2.39. The smallest absolute Gasteiger partial charge is 0.243 e. The molecule has 1 aliphatic heterocycles. The summed E-state index contributed by atoms with van der Waals surface area (Å²) in [5.74, 6) is 0.273. The van der Waals surface area contributed by atoms with E-state index in [1.807, 2.05) is 13.8 Å². The van der Waals surface area contributed by atoms with Crippen molar-refractivity contribution in [1.82, 2.24) is 9.78 Å². The van der Waals surface area contributed by atoms with Crippen LogP contribution in [0.1, 0.15) is 67.3 Å². The normalized spacial score (nSPS) is 18.6. The number of rotatable bonds is 1. The van der Waals surface area contributed by atoms with E-state index in [0.29, 0.717) is 5.92 Å². The maximum Gasteiger partial charge on any atom is 0.243 e. The Bertz CT molecular complexity index is 880. The van der Waals surface area contributed by atoms with Crippen LogP contribution < -0.4 is 5.32 Å². The summed E-state index contributed by atoms with van der Waals surface area (Å²) in [7, 11) is 0. The Balaban J connectivity index is 2.27. The monoisotopic (exact) mass is 359 g/mol. The minimum Gasteiger partial charge on any atom is -0.380 e. The molecular formula is C20H26ClN3O. The second-order valence-electron chi connectivity index (χ2n) is 7.93. The molecule has 1 aromatic carbocycles. The number of hydrogen-bond donors (Lipinski definition) is 1. The first kappa shape index (κ1) is 18.0. The van der Waals surface area contributed by atoms with Gasteiger partial charge in [0.1, 0.15) is 0 Å². The van der Waals surface area contributed by atoms with Gasteiger partial charge in [-0.05, 0) is 64.2 Å². The van der Waals surface area contributed by atoms with Gasteiger partial charge in [-0.25, -0.2) is 4.68 Å². The summed E-state index contributed by atoms with van der Waals surface area (Å²) < 4.78 is 1.46. The van der Waals surface area contributed by atoms with Gasteiger partial charge in [0.05, 0.1) is 16.4 Å². The molecule has 134 valence electrons. The fraction of sp³-hybridized carbons (Fsp3) is 0.500. The lowest BCUT2D eigenvalue weighted by Crippen LogP contribution is -2.37. The Morgan fingerprint density at radius 1 is 1.36 bits per heavy atom. The second-order valence-corrected chi connectivity index (χ2v) is 8.31. The van der Waals surface area contributed by atoms with Crippen LogP contribution in [0.25, 0.3) is 11.1 Å². The van der Waals surface area contributed by atoms with Gasteiger partial charge in [0.15, 0.2) is 0 Å². The van der Waals surface area contributed by atoms with Crippen molar-refractivity contribution in [2.45, 2.75) is 66.3 Å². The maximum atomic E-state index is 11.8. The quantitative estimate of drug-likeness (QED) is 0.732. The van der Waals surface area contributed by atoms with Gasteiger partial charge in [-0.15, -0.1) is 0 Å². The Morgan fingerprint density at radius 2 is 2.00 bits per heavy atom. The molecule has 0 saturated carbocycles. The molecule has 2 aromatic rings. The Kier molecular flexibility index (Phi) is 4.23. The molecule has 0 fully saturated rings. The van der Waals surface area contributed by atoms with Crippen LogP contribution in [0, 0.1) is 20.8 Å². The van der Waals surface area contributed by atoms with Gasteiger partial charge in [0.25, 0.3) is 0 Å². The topological polar surface area (TPSA) is 46.9 Å². The number of halogens is 1. The highest BCUT2D eigenvalue weighted by Crippen LogP contribution is 2.48. The lowest BCUT2D eigenvalue weighted by molar-refractivity contribution is 0.0918. The van der Waals surface area contributed by atoms with Crippen molar-refractivity contribution in [2.24, 2.45) is 0 Å². The summed E-state index contributed by atoms with van der Waals surface area (Å²) in [6, 6.07) is 2.11. The van der Waals surface area contributed by atoms with Gasteiger partial charge in [0.2, 0.25) is 5.91 Å². The first-order chi connectivity index (χ1) is 11.5. The number of aryl methyl sites for hydroxylation is 2. The van der Waals surface area contributed by atoms with E-state index in [4.69, 9.17) is 11.6 Å². The molecule has 25 heavy (non-hydrogen) atoms. The van der Waals surface area contributed by atoms with E-state index >= 15 is 0 Å². The highest BCUT2D eigenvalue weighted by atomic mass is 35.5. The molecule has 0 aliphatic carbocycles. The zero-order chi connectivity index (χ0) is 18.7. The molecule has 3 rings (SSSR count). The van der Waals surface area contributed by atoms with Crippen molar-refractivity contribution >= 4 is 23.2 Å². The van der Waals surface area contributed by atoms with E-state index in [-0.39, 0.29) is 11.4 Å². The van der Waals surface area contributed by atoms with E-state index in [0.717, 1.165) is 39.6 Å². The number of aromatic nitrogens is 2. The van der Waals surface area contributed by atoms with Crippen LogP contribution in [0.15, 0.2) is 6.07 Å². The van der Waals surface area contributed by atoms with Crippen molar-refractivity contribution < 1.29 is 4.79 Å². The van der Waals surface area contributed by atoms with E-state index in [1.54, 1.807) is 0 Å². The number of hydrogen-bond acceptors (Lipinski definition) is 3. The molecule has 0 saturated heterocycles. The average Bonchev–Trinajstić information content (AvgIpc) is 2.76. The van der Waals surface area contributed by atoms with Gasteiger partial charge in [-0.2, -0.15) is 5.10 Å². The molecule has 0 spiro atoms. The molecule has 1 aliphatic rings. The summed E-state index contributed by atoms with van der Waals surface area (Å²) >= 11 is 6.89. The number of anilines is 1. The SMILES string of the molecule is CC(=O)n1nc(C)c(-c2cc(C)c3c(c2Cl)C(C)CC(C)(C)N3)c1C. The predicted molar refractivity (Wildman–Crippen MR) is 104 cm³/mol. The van der Waals surface area contributed by atoms with Gasteiger partial charge in [-0.1, -0.05) is 18.5 Å². The summed E-state index contributed by atoms with van der Waals surface area (Å²) in [6.07, 6.45) is 1.02. The van der Waals surface area contributed by atoms with Gasteiger partial charge >= 0.3 is 0 Å². The van der Waals surface area contributed by atoms with E-state index in [1.165, 1.54) is 22.7 Å². The van der Waals surface area contributed by atoms with Gasteiger partial charge in [0, 0.05) is 29.3 Å². The van der Waals surface area contributed by atoms with Crippen molar-refractivity contribution in [3.63, 3.8) is 0 Å². The van der Waals surface area contributed by atoms with E-state index in [2.05, 4.69) is 44.2 Å². The Hall–Kier alpha value is -1.81. The van der Waals surface area contributed by atoms with Crippen molar-refractivity contribution in [2.75, 3.05) is 5.32 Å². The molecule has 4 nitrogen and oxygen atoms in total. The highest BCUT2D eigenvalue weighted by Gasteiger charge is 2.33. The summed E-state index contributed by atoms with van der Waals surface area (Å²) in [5, 5.41) is 8.82. The third kappa shape index (κ3) is 2.86. The van der Waals surface area contributed by atoms with Crippen LogP contribution >= 0.6 is 11.6 Å². The minimum atomic E-state index is -0.0885. The third-order valence-corrected chi connectivity index (χ3v) is 5.54. The highest BCUT2D eigenvalue weighted by molar-refractivity contribution is 6.35. The molecule has 2 heterocycles. The zero-order valence-electron chi connectivity index (χ0n) is 16.0. The van der Waals surface area contributed by atoms with Crippen LogP contribution in [0.3, 0.4) is 0 Å². The van der Waals surface area contributed by atoms with Crippen molar-refractivity contribution in [1.29, 1.82) is 0 Å². The van der Waals surface area contributed by atoms with Crippen LogP contribution in [0.5, 0.6) is 0 Å². The van der Waals surface area contributed by atoms with E-state index < -0.39 is 0 Å². The first-order valence-corrected chi connectivity index (χ1v) is 9.10. The molecule has 0 amide bonds. The maximum absolute atomic E-state index is 11.8. The number of nitrogens with zero attached hydrogens (tertiary/aromatic N) is 2. The zero-order valence-corrected chi connectivity index (χ0v) is 16.8. The van der Waals surface area contributed by atoms with Gasteiger partial charge < -0.3 is 5.32 Å². The second kappa shape index (κ2) is 5.87. The van der Waals surface area contributed by atoms with Crippen molar-refractivity contribution in [3.05, 3.63) is 33.6 Å². The van der Waals surface area contributed by atoms with Crippen LogP contribution in [0.2, 0.25) is 5.02 Å². The summed E-state index contributed by atoms with van der Waals surface area (Å²) in [4.78, 5) is 11.8. The number of benzene rings is 1. The molecule has 1 unspecified atom stereocenters. The molecule has 5 heteroatoms. The average molecular weight is 360 g/mol. The summed E-state index contributed by atoms with van der Waals surface area (Å²) in [6.45, 7) is 14.2. The predicted octanol–water partition coefficient (Wildman–Crippen LogP) is 5.49. The molecule has 1 aromatic heterocycles. The number of carbonyl (C=O) groups excluding carboxylic acids is 1. The first-order valence-electron chi connectivity index (χ1n) is 8.72.